The topological polar surface area (TPSA) is 93.5 Å². The lowest BCUT2D eigenvalue weighted by molar-refractivity contribution is 0.0606. The Morgan fingerprint density at radius 2 is 1.97 bits per heavy atom. The zero-order valence-corrected chi connectivity index (χ0v) is 22.8. The lowest BCUT2D eigenvalue weighted by Crippen LogP contribution is -2.47. The minimum atomic E-state index is -3.63. The molecule has 1 N–H and O–H groups in total. The highest BCUT2D eigenvalue weighted by Crippen LogP contribution is 2.37. The van der Waals surface area contributed by atoms with Crippen LogP contribution in [-0.2, 0) is 20.3 Å². The predicted molar refractivity (Wildman–Crippen MR) is 144 cm³/mol. The molecule has 0 spiro atoms. The highest BCUT2D eigenvalue weighted by atomic mass is 35.5. The fraction of sp³-hybridized carbons (Fsp3) is 0.308. The van der Waals surface area contributed by atoms with Gasteiger partial charge in [-0.1, -0.05) is 35.3 Å². The maximum atomic E-state index is 13.5. The van der Waals surface area contributed by atoms with Gasteiger partial charge in [-0.15, -0.1) is 0 Å². The summed E-state index contributed by atoms with van der Waals surface area (Å²) in [4.78, 5) is 13.5. The van der Waals surface area contributed by atoms with Crippen molar-refractivity contribution in [3.05, 3.63) is 80.8 Å². The Kier molecular flexibility index (Phi) is 7.61. The van der Waals surface area contributed by atoms with Crippen LogP contribution < -0.4 is 5.43 Å². The number of hydrazine groups is 1. The van der Waals surface area contributed by atoms with Gasteiger partial charge in [0.05, 0.1) is 40.6 Å². The predicted octanol–water partition coefficient (Wildman–Crippen LogP) is 4.54. The largest absolute Gasteiger partial charge is 0.383 e. The van der Waals surface area contributed by atoms with E-state index in [1.807, 2.05) is 0 Å². The standard InChI is InChI=1S/C26H25Cl2FN4O4S/c1-37-13-20-3-2-10-32(20)31-26(34)24-21-15-38(35,36)14-17(11-16-4-7-19(29)8-5-16)25(21)33(30-24)23-9-6-18(27)12-22(23)28/h4-9,11-12,20H,2-3,10,13-15H2,1H3,(H,31,34)/t20-/m0/s1. The van der Waals surface area contributed by atoms with Gasteiger partial charge in [0.1, 0.15) is 5.82 Å². The Morgan fingerprint density at radius 1 is 1.21 bits per heavy atom. The third kappa shape index (κ3) is 5.50. The van der Waals surface area contributed by atoms with Crippen LogP contribution >= 0.6 is 23.2 Å². The SMILES string of the molecule is COC[C@@H]1CCCN1NC(=O)c1nn(-c2ccc(Cl)cc2Cl)c2c1CS(=O)(=O)CC2=Cc1ccc(F)cc1. The zero-order chi connectivity index (χ0) is 27.0. The lowest BCUT2D eigenvalue weighted by Gasteiger charge is -2.24. The molecule has 5 rings (SSSR count). The molecule has 0 saturated carbocycles. The molecular formula is C26H25Cl2FN4O4S. The Hall–Kier alpha value is -2.76. The van der Waals surface area contributed by atoms with E-state index in [2.05, 4.69) is 10.5 Å². The molecule has 1 aromatic heterocycles. The van der Waals surface area contributed by atoms with Crippen molar-refractivity contribution in [2.24, 2.45) is 0 Å². The number of fused-ring (bicyclic) bond motifs is 1. The number of carbonyl (C=O) groups excluding carboxylic acids is 1. The molecule has 2 aliphatic rings. The van der Waals surface area contributed by atoms with E-state index in [4.69, 9.17) is 27.9 Å². The number of amides is 1. The zero-order valence-electron chi connectivity index (χ0n) is 20.5. The Balaban J connectivity index is 1.66. The van der Waals surface area contributed by atoms with E-state index in [-0.39, 0.29) is 33.8 Å². The van der Waals surface area contributed by atoms with Crippen molar-refractivity contribution in [3.63, 3.8) is 0 Å². The summed E-state index contributed by atoms with van der Waals surface area (Å²) >= 11 is 12.6. The summed E-state index contributed by atoms with van der Waals surface area (Å²) in [6.07, 6.45) is 3.41. The number of hydrogen-bond donors (Lipinski definition) is 1. The molecular weight excluding hydrogens is 554 g/mol. The first-order valence-corrected chi connectivity index (χ1v) is 14.5. The van der Waals surface area contributed by atoms with E-state index in [0.717, 1.165) is 12.8 Å². The molecule has 38 heavy (non-hydrogen) atoms. The number of halogens is 3. The van der Waals surface area contributed by atoms with Crippen LogP contribution in [0.15, 0.2) is 42.5 Å². The molecule has 2 aromatic carbocycles. The Bertz CT molecular complexity index is 1520. The molecule has 8 nitrogen and oxygen atoms in total. The van der Waals surface area contributed by atoms with Crippen molar-refractivity contribution < 1.29 is 22.3 Å². The van der Waals surface area contributed by atoms with Crippen molar-refractivity contribution >= 4 is 50.6 Å². The molecule has 1 saturated heterocycles. The second-order valence-corrected chi connectivity index (χ2v) is 12.2. The molecule has 0 bridgehead atoms. The quantitative estimate of drug-likeness (QED) is 0.461. The number of ether oxygens (including phenoxy) is 1. The number of nitrogens with zero attached hydrogens (tertiary/aromatic N) is 3. The van der Waals surface area contributed by atoms with Gasteiger partial charge in [-0.3, -0.25) is 10.2 Å². The van der Waals surface area contributed by atoms with Crippen LogP contribution in [0.3, 0.4) is 0 Å². The van der Waals surface area contributed by atoms with Crippen molar-refractivity contribution in [3.8, 4) is 5.69 Å². The average molecular weight is 579 g/mol. The maximum absolute atomic E-state index is 13.5. The molecule has 2 aliphatic heterocycles. The third-order valence-electron chi connectivity index (χ3n) is 6.57. The van der Waals surface area contributed by atoms with Crippen molar-refractivity contribution in [1.29, 1.82) is 0 Å². The normalized spacial score (nSPS) is 20.0. The second-order valence-electron chi connectivity index (χ2n) is 9.32. The van der Waals surface area contributed by atoms with Gasteiger partial charge in [-0.05, 0) is 60.4 Å². The number of sulfone groups is 1. The van der Waals surface area contributed by atoms with Gasteiger partial charge >= 0.3 is 0 Å². The average Bonchev–Trinajstić information content (AvgIpc) is 3.44. The van der Waals surface area contributed by atoms with E-state index < -0.39 is 21.6 Å². The number of hydrogen-bond acceptors (Lipinski definition) is 6. The summed E-state index contributed by atoms with van der Waals surface area (Å²) in [5.74, 6) is -1.57. The summed E-state index contributed by atoms with van der Waals surface area (Å²) in [5.41, 5.74) is 5.06. The molecule has 0 aliphatic carbocycles. The highest BCUT2D eigenvalue weighted by molar-refractivity contribution is 7.91. The minimum absolute atomic E-state index is 0.00485. The van der Waals surface area contributed by atoms with Gasteiger partial charge in [0, 0.05) is 24.2 Å². The summed E-state index contributed by atoms with van der Waals surface area (Å²) in [6.45, 7) is 1.09. The van der Waals surface area contributed by atoms with Crippen LogP contribution in [0.5, 0.6) is 0 Å². The van der Waals surface area contributed by atoms with Crippen LogP contribution in [0.25, 0.3) is 17.3 Å². The number of methoxy groups -OCH3 is 1. The van der Waals surface area contributed by atoms with Crippen molar-refractivity contribution in [2.45, 2.75) is 24.6 Å². The van der Waals surface area contributed by atoms with Gasteiger partial charge in [-0.25, -0.2) is 22.5 Å². The van der Waals surface area contributed by atoms with Gasteiger partial charge in [0.15, 0.2) is 15.5 Å². The van der Waals surface area contributed by atoms with Gasteiger partial charge < -0.3 is 4.74 Å². The van der Waals surface area contributed by atoms with Crippen LogP contribution in [0, 0.1) is 5.82 Å². The molecule has 3 heterocycles. The van der Waals surface area contributed by atoms with E-state index in [1.54, 1.807) is 48.5 Å². The number of aromatic nitrogens is 2. The molecule has 1 amide bonds. The van der Waals surface area contributed by atoms with E-state index >= 15 is 0 Å². The molecule has 0 radical (unpaired) electrons. The summed E-state index contributed by atoms with van der Waals surface area (Å²) in [6, 6.07) is 10.5. The third-order valence-corrected chi connectivity index (χ3v) is 8.59. The van der Waals surface area contributed by atoms with Gasteiger partial charge in [0.25, 0.3) is 5.91 Å². The first kappa shape index (κ1) is 26.8. The molecule has 1 fully saturated rings. The molecule has 1 atom stereocenters. The van der Waals surface area contributed by atoms with Gasteiger partial charge in [-0.2, -0.15) is 5.10 Å². The highest BCUT2D eigenvalue weighted by Gasteiger charge is 2.36. The van der Waals surface area contributed by atoms with Crippen LogP contribution in [0.4, 0.5) is 4.39 Å². The monoisotopic (exact) mass is 578 g/mol. The number of carbonyl (C=O) groups is 1. The van der Waals surface area contributed by atoms with Crippen LogP contribution in [-0.4, -0.2) is 61.2 Å². The second kappa shape index (κ2) is 10.8. The van der Waals surface area contributed by atoms with Crippen molar-refractivity contribution in [2.75, 3.05) is 26.0 Å². The first-order chi connectivity index (χ1) is 18.1. The van der Waals surface area contributed by atoms with E-state index in [1.165, 1.54) is 16.8 Å². The van der Waals surface area contributed by atoms with Crippen molar-refractivity contribution in [1.82, 2.24) is 20.2 Å². The Labute approximate surface area is 229 Å². The maximum Gasteiger partial charge on any atom is 0.286 e. The fourth-order valence-corrected chi connectivity index (χ4v) is 6.90. The van der Waals surface area contributed by atoms with Gasteiger partial charge in [0.2, 0.25) is 0 Å². The summed E-state index contributed by atoms with van der Waals surface area (Å²) < 4.78 is 46.4. The summed E-state index contributed by atoms with van der Waals surface area (Å²) in [5, 5.41) is 7.09. The van der Waals surface area contributed by atoms with E-state index in [0.29, 0.717) is 40.7 Å². The lowest BCUT2D eigenvalue weighted by atomic mass is 10.0. The molecule has 3 aromatic rings. The number of nitrogens with one attached hydrogen (secondary N) is 1. The fourth-order valence-electron chi connectivity index (χ4n) is 4.91. The number of benzene rings is 2. The molecule has 12 heteroatoms. The summed E-state index contributed by atoms with van der Waals surface area (Å²) in [7, 11) is -2.02. The van der Waals surface area contributed by atoms with Crippen LogP contribution in [0.2, 0.25) is 10.0 Å². The smallest absolute Gasteiger partial charge is 0.286 e. The Morgan fingerprint density at radius 3 is 2.68 bits per heavy atom. The number of rotatable bonds is 6. The van der Waals surface area contributed by atoms with Crippen LogP contribution in [0.1, 0.15) is 40.2 Å². The minimum Gasteiger partial charge on any atom is -0.383 e. The molecule has 0 unspecified atom stereocenters. The first-order valence-electron chi connectivity index (χ1n) is 12.0. The molecule has 200 valence electrons. The van der Waals surface area contributed by atoms with E-state index in [9.17, 15) is 17.6 Å².